The average molecular weight is 975 g/mol. The molecule has 0 spiro atoms. The number of phenolic OH excluding ortho intramolecular Hbond substituents is 4. The standard InChI is InChI=1S/C27H38N6O3.C26H36N6O3/c1-7-32(8-2)17-19-9-11-20(12-10-19)33-25(22-15-21(18(3)4)23(34)16-24(22)35)29-30-26(33)27(36)28-13-14-31(5)6;1-16(2)20-14-21(23(34)15-22(20)33)24-28-29-25(26(35)27-17(3)4)32(24)19-10-8-18(9-11-19)31(7)13-12-30(5)6/h9-12,15-16,18,34-35H,7-8,13-14,17H2,1-6H3,(H,28,36);8-11,14-17,33-34H,12-13H2,1-7H3,(H,27,35). The van der Waals surface area contributed by atoms with Crippen LogP contribution in [0, 0.1) is 0 Å². The van der Waals surface area contributed by atoms with E-state index in [0.717, 1.165) is 44.0 Å². The summed E-state index contributed by atoms with van der Waals surface area (Å²) in [6, 6.07) is 21.6. The molecular weight excluding hydrogens is 901 g/mol. The van der Waals surface area contributed by atoms with Gasteiger partial charge in [0.25, 0.3) is 11.8 Å². The van der Waals surface area contributed by atoms with Crippen molar-refractivity contribution in [2.24, 2.45) is 0 Å². The molecule has 4 aromatic carbocycles. The molecule has 0 saturated carbocycles. The number of anilines is 1. The Morgan fingerprint density at radius 2 is 1.03 bits per heavy atom. The van der Waals surface area contributed by atoms with E-state index in [1.54, 1.807) is 21.3 Å². The molecule has 6 rings (SSSR count). The molecule has 6 aromatic rings. The van der Waals surface area contributed by atoms with Crippen LogP contribution in [0.3, 0.4) is 0 Å². The highest BCUT2D eigenvalue weighted by molar-refractivity contribution is 5.93. The maximum atomic E-state index is 13.1. The number of likely N-dealkylation sites (N-methyl/N-ethyl adjacent to an activating group) is 3. The number of rotatable bonds is 20. The minimum Gasteiger partial charge on any atom is -0.508 e. The van der Waals surface area contributed by atoms with Crippen LogP contribution in [-0.2, 0) is 6.54 Å². The van der Waals surface area contributed by atoms with Crippen LogP contribution >= 0.6 is 0 Å². The van der Waals surface area contributed by atoms with Crippen LogP contribution < -0.4 is 15.5 Å². The van der Waals surface area contributed by atoms with Crippen LogP contribution in [-0.4, -0.2) is 157 Å². The molecule has 2 amide bonds. The number of hydrogen-bond acceptors (Lipinski definition) is 14. The third-order valence-electron chi connectivity index (χ3n) is 11.9. The summed E-state index contributed by atoms with van der Waals surface area (Å²) in [6.07, 6.45) is 0. The van der Waals surface area contributed by atoms with Crippen molar-refractivity contribution >= 4 is 17.5 Å². The highest BCUT2D eigenvalue weighted by Crippen LogP contribution is 2.40. The molecule has 0 radical (unpaired) electrons. The van der Waals surface area contributed by atoms with Gasteiger partial charge in [-0.05, 0) is 132 Å². The van der Waals surface area contributed by atoms with E-state index < -0.39 is 0 Å². The van der Waals surface area contributed by atoms with E-state index in [9.17, 15) is 30.0 Å². The van der Waals surface area contributed by atoms with Gasteiger partial charge in [-0.3, -0.25) is 23.6 Å². The molecule has 6 N–H and O–H groups in total. The number of phenols is 4. The lowest BCUT2D eigenvalue weighted by Crippen LogP contribution is -2.33. The Balaban J connectivity index is 0.000000264. The van der Waals surface area contributed by atoms with Gasteiger partial charge in [-0.25, -0.2) is 0 Å². The average Bonchev–Trinajstić information content (AvgIpc) is 3.96. The lowest BCUT2D eigenvalue weighted by Gasteiger charge is -2.22. The molecule has 0 saturated heterocycles. The number of aromatic hydroxyl groups is 4. The van der Waals surface area contributed by atoms with E-state index in [-0.39, 0.29) is 64.3 Å². The van der Waals surface area contributed by atoms with E-state index in [1.807, 2.05) is 130 Å². The minimum absolute atomic E-state index is 0.00945. The van der Waals surface area contributed by atoms with Crippen molar-refractivity contribution in [2.45, 2.75) is 79.8 Å². The van der Waals surface area contributed by atoms with Crippen LogP contribution in [0.4, 0.5) is 5.69 Å². The normalized spacial score (nSPS) is 11.5. The molecule has 0 atom stereocenters. The van der Waals surface area contributed by atoms with Gasteiger partial charge in [-0.2, -0.15) is 0 Å². The number of hydrogen-bond donors (Lipinski definition) is 6. The molecule has 2 aromatic heterocycles. The van der Waals surface area contributed by atoms with Gasteiger partial charge in [-0.15, -0.1) is 20.4 Å². The predicted molar refractivity (Wildman–Crippen MR) is 280 cm³/mol. The summed E-state index contributed by atoms with van der Waals surface area (Å²) in [6.45, 7) is 21.5. The van der Waals surface area contributed by atoms with Gasteiger partial charge in [-0.1, -0.05) is 53.7 Å². The first-order valence-electron chi connectivity index (χ1n) is 24.2. The van der Waals surface area contributed by atoms with Crippen molar-refractivity contribution in [3.05, 3.63) is 101 Å². The Morgan fingerprint density at radius 3 is 1.45 bits per heavy atom. The summed E-state index contributed by atoms with van der Waals surface area (Å²) in [5, 5.41) is 64.8. The fraction of sp³-hybridized carbons (Fsp3) is 0.434. The van der Waals surface area contributed by atoms with Gasteiger partial charge in [0.1, 0.15) is 23.0 Å². The number of aromatic nitrogens is 6. The fourth-order valence-corrected chi connectivity index (χ4v) is 7.76. The summed E-state index contributed by atoms with van der Waals surface area (Å²) in [5.41, 5.74) is 5.69. The molecule has 0 unspecified atom stereocenters. The molecule has 18 heteroatoms. The zero-order valence-electron chi connectivity index (χ0n) is 43.7. The van der Waals surface area contributed by atoms with Gasteiger partial charge >= 0.3 is 0 Å². The van der Waals surface area contributed by atoms with Gasteiger partial charge in [0.15, 0.2) is 11.6 Å². The molecule has 0 aliphatic heterocycles. The Bertz CT molecular complexity index is 2710. The Morgan fingerprint density at radius 1 is 0.577 bits per heavy atom. The smallest absolute Gasteiger partial charge is 0.289 e. The number of carbonyl (C=O) groups excluding carboxylic acids is 2. The van der Waals surface area contributed by atoms with Crippen molar-refractivity contribution in [3.8, 4) is 57.1 Å². The van der Waals surface area contributed by atoms with Crippen LogP contribution in [0.15, 0.2) is 72.8 Å². The lowest BCUT2D eigenvalue weighted by molar-refractivity contribution is 0.0925. The first kappa shape index (κ1) is 54.9. The summed E-state index contributed by atoms with van der Waals surface area (Å²) in [5.74, 6) is -0.0659. The third kappa shape index (κ3) is 13.9. The van der Waals surface area contributed by atoms with Gasteiger partial charge < -0.3 is 45.8 Å². The highest BCUT2D eigenvalue weighted by atomic mass is 16.3. The molecule has 0 aliphatic carbocycles. The van der Waals surface area contributed by atoms with E-state index >= 15 is 0 Å². The highest BCUT2D eigenvalue weighted by Gasteiger charge is 2.27. The van der Waals surface area contributed by atoms with Crippen molar-refractivity contribution < 1.29 is 30.0 Å². The van der Waals surface area contributed by atoms with E-state index in [4.69, 9.17) is 0 Å². The SMILES string of the molecule is CC(C)NC(=O)c1nnc(-c2cc(C(C)C)c(O)cc2O)n1-c1ccc(N(C)CCN(C)C)cc1.CCN(CC)Cc1ccc(-n2c(C(=O)NCCN(C)C)nnc2-c2cc(C(C)C)c(O)cc2O)cc1. The van der Waals surface area contributed by atoms with Gasteiger partial charge in [0.05, 0.1) is 11.1 Å². The minimum atomic E-state index is -0.367. The summed E-state index contributed by atoms with van der Waals surface area (Å²) in [7, 11) is 9.99. The molecule has 2 heterocycles. The molecule has 71 heavy (non-hydrogen) atoms. The Labute approximate surface area is 418 Å². The zero-order chi connectivity index (χ0) is 52.3. The number of nitrogens with one attached hydrogen (secondary N) is 2. The van der Waals surface area contributed by atoms with Crippen molar-refractivity contribution in [3.63, 3.8) is 0 Å². The molecule has 382 valence electrons. The summed E-state index contributed by atoms with van der Waals surface area (Å²) >= 11 is 0. The quantitative estimate of drug-likeness (QED) is 0.0447. The number of amides is 2. The van der Waals surface area contributed by atoms with E-state index in [0.29, 0.717) is 58.4 Å². The van der Waals surface area contributed by atoms with Crippen LogP contribution in [0.25, 0.3) is 34.2 Å². The van der Waals surface area contributed by atoms with Crippen molar-refractivity contribution in [1.29, 1.82) is 0 Å². The van der Waals surface area contributed by atoms with Crippen LogP contribution in [0.5, 0.6) is 23.0 Å². The number of benzene rings is 4. The van der Waals surface area contributed by atoms with Crippen molar-refractivity contribution in [1.82, 2.24) is 54.9 Å². The van der Waals surface area contributed by atoms with Gasteiger partial charge in [0.2, 0.25) is 11.6 Å². The first-order valence-corrected chi connectivity index (χ1v) is 24.2. The molecule has 0 aliphatic rings. The van der Waals surface area contributed by atoms with E-state index in [1.165, 1.54) is 12.1 Å². The monoisotopic (exact) mass is 975 g/mol. The zero-order valence-corrected chi connectivity index (χ0v) is 43.7. The fourth-order valence-electron chi connectivity index (χ4n) is 7.76. The number of nitrogens with zero attached hydrogens (tertiary/aromatic N) is 10. The van der Waals surface area contributed by atoms with Crippen LogP contribution in [0.1, 0.15) is 105 Å². The largest absolute Gasteiger partial charge is 0.508 e. The Kier molecular flexibility index (Phi) is 19.1. The molecule has 18 nitrogen and oxygen atoms in total. The topological polar surface area (TPSA) is 213 Å². The maximum absolute atomic E-state index is 13.1. The summed E-state index contributed by atoms with van der Waals surface area (Å²) < 4.78 is 3.29. The third-order valence-corrected chi connectivity index (χ3v) is 11.9. The second-order valence-electron chi connectivity index (χ2n) is 19.1. The first-order chi connectivity index (χ1) is 33.6. The maximum Gasteiger partial charge on any atom is 0.289 e. The predicted octanol–water partition coefficient (Wildman–Crippen LogP) is 7.21. The number of carbonyl (C=O) groups is 2. The Hall–Kier alpha value is -7.02. The second-order valence-corrected chi connectivity index (χ2v) is 19.1. The molecule has 0 bridgehead atoms. The summed E-state index contributed by atoms with van der Waals surface area (Å²) in [4.78, 5) is 34.7. The molecular formula is C53H74N12O6. The van der Waals surface area contributed by atoms with Crippen LogP contribution in [0.2, 0.25) is 0 Å². The molecule has 0 fully saturated rings. The van der Waals surface area contributed by atoms with Gasteiger partial charge in [0, 0.05) is 75.0 Å². The van der Waals surface area contributed by atoms with Crippen molar-refractivity contribution in [2.75, 3.05) is 79.4 Å². The van der Waals surface area contributed by atoms with E-state index in [2.05, 4.69) is 59.6 Å². The lowest BCUT2D eigenvalue weighted by atomic mass is 9.98. The second kappa shape index (κ2) is 24.7.